The van der Waals surface area contributed by atoms with E-state index in [1.165, 1.54) is 5.57 Å². The smallest absolute Gasteiger partial charge is 0.418 e. The number of carbonyl (C=O) groups is 1. The van der Waals surface area contributed by atoms with Crippen LogP contribution in [0.5, 0.6) is 5.75 Å². The summed E-state index contributed by atoms with van der Waals surface area (Å²) in [7, 11) is 3.32. The summed E-state index contributed by atoms with van der Waals surface area (Å²) in [4.78, 5) is 13.2. The van der Waals surface area contributed by atoms with Crippen LogP contribution in [0.25, 0.3) is 10.9 Å². The fourth-order valence-electron chi connectivity index (χ4n) is 5.66. The maximum atomic E-state index is 13.2. The lowest BCUT2D eigenvalue weighted by molar-refractivity contribution is -0.117. The van der Waals surface area contributed by atoms with Crippen LogP contribution in [0.1, 0.15) is 40.0 Å². The molecule has 1 saturated carbocycles. The third kappa shape index (κ3) is 3.86. The summed E-state index contributed by atoms with van der Waals surface area (Å²) in [5, 5.41) is 0.919. The Morgan fingerprint density at radius 2 is 2.06 bits per heavy atom. The maximum Gasteiger partial charge on any atom is 0.418 e. The molecular weight excluding hydrogens is 422 g/mol. The molecular formula is C26H33NO6. The van der Waals surface area contributed by atoms with E-state index in [4.69, 9.17) is 23.7 Å². The van der Waals surface area contributed by atoms with Crippen molar-refractivity contribution in [3.8, 4) is 5.75 Å². The molecule has 3 heterocycles. The zero-order chi connectivity index (χ0) is 23.4. The molecule has 7 nitrogen and oxygen atoms in total. The summed E-state index contributed by atoms with van der Waals surface area (Å²) in [5.74, 6) is 0.751. The van der Waals surface area contributed by atoms with Crippen molar-refractivity contribution in [2.24, 2.45) is 5.92 Å². The normalized spacial score (nSPS) is 34.8. The molecule has 0 bridgehead atoms. The number of allylic oxidation sites excluding steroid dienone is 1. The lowest BCUT2D eigenvalue weighted by Crippen LogP contribution is -2.55. The Balaban J connectivity index is 1.36. The molecule has 0 unspecified atom stereocenters. The van der Waals surface area contributed by atoms with E-state index in [0.29, 0.717) is 13.0 Å². The topological polar surface area (TPSA) is 74.8 Å². The van der Waals surface area contributed by atoms with E-state index in [9.17, 15) is 4.79 Å². The summed E-state index contributed by atoms with van der Waals surface area (Å²) >= 11 is 0. The van der Waals surface area contributed by atoms with Crippen LogP contribution in [0.15, 0.2) is 42.1 Å². The van der Waals surface area contributed by atoms with Crippen molar-refractivity contribution in [2.75, 3.05) is 20.8 Å². The molecule has 33 heavy (non-hydrogen) atoms. The highest BCUT2D eigenvalue weighted by atomic mass is 16.6. The first-order valence-corrected chi connectivity index (χ1v) is 11.7. The van der Waals surface area contributed by atoms with Gasteiger partial charge in [-0.15, -0.1) is 0 Å². The average Bonchev–Trinajstić information content (AvgIpc) is 3.66. The number of methoxy groups -OCH3 is 2. The van der Waals surface area contributed by atoms with Crippen LogP contribution in [-0.2, 0) is 18.9 Å². The van der Waals surface area contributed by atoms with Crippen molar-refractivity contribution in [1.29, 1.82) is 0 Å². The molecule has 0 radical (unpaired) electrons. The van der Waals surface area contributed by atoms with Gasteiger partial charge in [0.15, 0.2) is 0 Å². The zero-order valence-electron chi connectivity index (χ0n) is 20.0. The molecule has 0 N–H and O–H groups in total. The number of ether oxygens (including phenoxy) is 5. The summed E-state index contributed by atoms with van der Waals surface area (Å²) in [5.41, 5.74) is 1.46. The number of hydrogen-bond acceptors (Lipinski definition) is 6. The van der Waals surface area contributed by atoms with Crippen LogP contribution < -0.4 is 4.74 Å². The van der Waals surface area contributed by atoms with Crippen molar-refractivity contribution in [2.45, 2.75) is 69.5 Å². The van der Waals surface area contributed by atoms with E-state index in [2.05, 4.69) is 26.8 Å². The summed E-state index contributed by atoms with van der Waals surface area (Å²) in [6, 6.07) is 7.50. The van der Waals surface area contributed by atoms with Crippen LogP contribution in [0.4, 0.5) is 4.79 Å². The number of benzene rings is 1. The molecule has 6 atom stereocenters. The SMILES string of the molecule is COc1ccc2c(ccn2C(=O)O[C@@H]2CC[C@]3(CO3)[C@@H]([C@]3(C)O[C@@H]3CC=C(C)C)[C@@H]2OC)c1. The molecule has 2 aromatic rings. The molecule has 178 valence electrons. The highest BCUT2D eigenvalue weighted by Gasteiger charge is 2.72. The number of nitrogens with zero attached hydrogens (tertiary/aromatic N) is 1. The Hall–Kier alpha value is -2.35. The highest BCUT2D eigenvalue weighted by molar-refractivity contribution is 5.90. The minimum atomic E-state index is -0.406. The van der Waals surface area contributed by atoms with Gasteiger partial charge in [-0.05, 0) is 64.3 Å². The Kier molecular flexibility index (Phi) is 5.54. The number of rotatable bonds is 6. The molecule has 2 saturated heterocycles. The molecule has 1 aliphatic carbocycles. The molecule has 1 spiro atoms. The van der Waals surface area contributed by atoms with Crippen molar-refractivity contribution in [1.82, 2.24) is 4.57 Å². The van der Waals surface area contributed by atoms with Gasteiger partial charge in [-0.2, -0.15) is 0 Å². The number of carbonyl (C=O) groups excluding carboxylic acids is 1. The van der Waals surface area contributed by atoms with Crippen LogP contribution >= 0.6 is 0 Å². The lowest BCUT2D eigenvalue weighted by Gasteiger charge is -2.42. The Labute approximate surface area is 194 Å². The van der Waals surface area contributed by atoms with Gasteiger partial charge in [0.25, 0.3) is 0 Å². The van der Waals surface area contributed by atoms with Crippen LogP contribution in [0, 0.1) is 5.92 Å². The molecule has 1 aromatic heterocycles. The standard InChI is InChI=1S/C26H33NO6/c1-16(2)6-9-21-25(3,33-21)23-22(30-5)20(10-12-26(23)15-31-26)32-24(28)27-13-11-17-14-18(29-4)7-8-19(17)27/h6-8,11,13-14,20-23H,9-10,12,15H2,1-5H3/t20-,21-,22-,23-,25-,26+/m1/s1. The van der Waals surface area contributed by atoms with Gasteiger partial charge in [0.1, 0.15) is 29.2 Å². The average molecular weight is 456 g/mol. The van der Waals surface area contributed by atoms with Gasteiger partial charge >= 0.3 is 6.09 Å². The van der Waals surface area contributed by atoms with Gasteiger partial charge in [0.05, 0.1) is 31.3 Å². The van der Waals surface area contributed by atoms with Crippen molar-refractivity contribution >= 4 is 17.0 Å². The lowest BCUT2D eigenvalue weighted by atomic mass is 9.68. The number of epoxide rings is 2. The molecule has 5 rings (SSSR count). The minimum Gasteiger partial charge on any atom is -0.497 e. The highest BCUT2D eigenvalue weighted by Crippen LogP contribution is 2.59. The van der Waals surface area contributed by atoms with Crippen molar-refractivity contribution < 1.29 is 28.5 Å². The predicted molar refractivity (Wildman–Crippen MR) is 124 cm³/mol. The zero-order valence-corrected chi connectivity index (χ0v) is 20.0. The first kappa shape index (κ1) is 22.4. The van der Waals surface area contributed by atoms with Crippen LogP contribution in [0.3, 0.4) is 0 Å². The Morgan fingerprint density at radius 3 is 2.73 bits per heavy atom. The maximum absolute atomic E-state index is 13.2. The molecule has 2 aliphatic heterocycles. The predicted octanol–water partition coefficient (Wildman–Crippen LogP) is 4.71. The Morgan fingerprint density at radius 1 is 1.27 bits per heavy atom. The van der Waals surface area contributed by atoms with Crippen molar-refractivity contribution in [3.05, 3.63) is 42.1 Å². The van der Waals surface area contributed by atoms with Crippen LogP contribution in [0.2, 0.25) is 0 Å². The molecule has 1 aromatic carbocycles. The molecule has 7 heteroatoms. The van der Waals surface area contributed by atoms with Gasteiger partial charge in [0, 0.05) is 18.7 Å². The van der Waals surface area contributed by atoms with E-state index in [1.807, 2.05) is 24.3 Å². The second-order valence-electron chi connectivity index (χ2n) is 9.91. The summed E-state index contributed by atoms with van der Waals surface area (Å²) in [6.07, 6.45) is 5.38. The fraction of sp³-hybridized carbons (Fsp3) is 0.577. The van der Waals surface area contributed by atoms with E-state index in [0.717, 1.165) is 29.5 Å². The van der Waals surface area contributed by atoms with Crippen LogP contribution in [-0.4, -0.2) is 61.0 Å². The number of fused-ring (bicyclic) bond motifs is 1. The molecule has 3 aliphatic rings. The monoisotopic (exact) mass is 455 g/mol. The number of hydrogen-bond donors (Lipinski definition) is 0. The number of aromatic nitrogens is 1. The summed E-state index contributed by atoms with van der Waals surface area (Å²) in [6.45, 7) is 7.05. The van der Waals surface area contributed by atoms with E-state index in [1.54, 1.807) is 25.0 Å². The van der Waals surface area contributed by atoms with Gasteiger partial charge in [-0.25, -0.2) is 4.79 Å². The van der Waals surface area contributed by atoms with E-state index in [-0.39, 0.29) is 35.4 Å². The van der Waals surface area contributed by atoms with Gasteiger partial charge in [0.2, 0.25) is 0 Å². The fourth-order valence-corrected chi connectivity index (χ4v) is 5.66. The van der Waals surface area contributed by atoms with Gasteiger partial charge in [-0.1, -0.05) is 11.6 Å². The second kappa shape index (κ2) is 8.15. The minimum absolute atomic E-state index is 0.00257. The first-order chi connectivity index (χ1) is 15.8. The van der Waals surface area contributed by atoms with Gasteiger partial charge in [-0.3, -0.25) is 4.57 Å². The third-order valence-corrected chi connectivity index (χ3v) is 7.58. The van der Waals surface area contributed by atoms with E-state index >= 15 is 0 Å². The molecule has 3 fully saturated rings. The Bertz CT molecular complexity index is 1080. The summed E-state index contributed by atoms with van der Waals surface area (Å²) < 4.78 is 31.1. The van der Waals surface area contributed by atoms with Crippen molar-refractivity contribution in [3.63, 3.8) is 0 Å². The third-order valence-electron chi connectivity index (χ3n) is 7.58. The first-order valence-electron chi connectivity index (χ1n) is 11.7. The van der Waals surface area contributed by atoms with Gasteiger partial charge < -0.3 is 23.7 Å². The second-order valence-corrected chi connectivity index (χ2v) is 9.91. The molecule has 0 amide bonds. The van der Waals surface area contributed by atoms with E-state index < -0.39 is 6.09 Å². The largest absolute Gasteiger partial charge is 0.497 e. The quantitative estimate of drug-likeness (QED) is 0.464.